The first kappa shape index (κ1) is 45.5. The number of aliphatic hydroxyl groups is 1. The molecule has 8 nitrogen and oxygen atoms in total. The van der Waals surface area contributed by atoms with Crippen LogP contribution in [0.25, 0.3) is 0 Å². The van der Waals surface area contributed by atoms with Gasteiger partial charge in [0.05, 0.1) is 39.9 Å². The number of quaternary nitrogens is 1. The highest BCUT2D eigenvalue weighted by atomic mass is 31.2. The molecule has 0 aromatic heterocycles. The van der Waals surface area contributed by atoms with E-state index in [4.69, 9.17) is 9.05 Å². The van der Waals surface area contributed by atoms with Gasteiger partial charge in [0.25, 0.3) is 0 Å². The van der Waals surface area contributed by atoms with Crippen LogP contribution in [0.4, 0.5) is 0 Å². The molecule has 0 aliphatic heterocycles. The molecular formula is C38H72N2O6P+. The van der Waals surface area contributed by atoms with Gasteiger partial charge in [0.15, 0.2) is 0 Å². The van der Waals surface area contributed by atoms with Crippen LogP contribution in [0.15, 0.2) is 48.6 Å². The molecule has 0 aromatic carbocycles. The monoisotopic (exact) mass is 684 g/mol. The van der Waals surface area contributed by atoms with Gasteiger partial charge in [0.2, 0.25) is 5.91 Å². The molecule has 0 saturated heterocycles. The van der Waals surface area contributed by atoms with Gasteiger partial charge in [-0.05, 0) is 64.2 Å². The molecule has 0 fully saturated rings. The molecule has 47 heavy (non-hydrogen) atoms. The molecule has 274 valence electrons. The summed E-state index contributed by atoms with van der Waals surface area (Å²) in [5.41, 5.74) is 0. The number of nitrogens with zero attached hydrogens (tertiary/aromatic N) is 1. The Morgan fingerprint density at radius 3 is 1.77 bits per heavy atom. The first-order valence-corrected chi connectivity index (χ1v) is 20.0. The number of nitrogens with one attached hydrogen (secondary N) is 1. The van der Waals surface area contributed by atoms with Crippen molar-refractivity contribution >= 4 is 13.7 Å². The Hall–Kier alpha value is -1.54. The maximum absolute atomic E-state index is 12.7. The minimum absolute atomic E-state index is 0.0504. The van der Waals surface area contributed by atoms with Crippen LogP contribution in [0.3, 0.4) is 0 Å². The molecule has 3 N–H and O–H groups in total. The maximum Gasteiger partial charge on any atom is 0.472 e. The highest BCUT2D eigenvalue weighted by molar-refractivity contribution is 7.47. The van der Waals surface area contributed by atoms with Crippen LogP contribution in [0, 0.1) is 0 Å². The summed E-state index contributed by atoms with van der Waals surface area (Å²) in [5, 5.41) is 13.7. The van der Waals surface area contributed by atoms with Crippen LogP contribution in [-0.4, -0.2) is 73.4 Å². The highest BCUT2D eigenvalue weighted by Gasteiger charge is 2.27. The van der Waals surface area contributed by atoms with Gasteiger partial charge in [-0.3, -0.25) is 13.8 Å². The lowest BCUT2D eigenvalue weighted by molar-refractivity contribution is -0.870. The van der Waals surface area contributed by atoms with Gasteiger partial charge >= 0.3 is 7.82 Å². The summed E-state index contributed by atoms with van der Waals surface area (Å²) < 4.78 is 23.4. The second-order valence-corrected chi connectivity index (χ2v) is 15.0. The minimum atomic E-state index is -4.34. The molecule has 3 atom stereocenters. The lowest BCUT2D eigenvalue weighted by Crippen LogP contribution is -2.45. The number of amides is 1. The van der Waals surface area contributed by atoms with Crippen molar-refractivity contribution in [1.29, 1.82) is 0 Å². The molecule has 0 heterocycles. The largest absolute Gasteiger partial charge is 0.472 e. The number of rotatable bonds is 32. The number of aliphatic hydroxyl groups excluding tert-OH is 1. The van der Waals surface area contributed by atoms with Gasteiger partial charge in [-0.15, -0.1) is 0 Å². The minimum Gasteiger partial charge on any atom is -0.387 e. The Labute approximate surface area is 289 Å². The number of allylic oxidation sites excluding steroid dienone is 7. The second kappa shape index (κ2) is 30.5. The Bertz CT molecular complexity index is 912. The fourth-order valence-electron chi connectivity index (χ4n) is 4.70. The zero-order valence-electron chi connectivity index (χ0n) is 30.8. The number of phosphoric acid groups is 1. The lowest BCUT2D eigenvalue weighted by atomic mass is 10.1. The molecule has 1 amide bonds. The van der Waals surface area contributed by atoms with E-state index in [1.54, 1.807) is 6.08 Å². The van der Waals surface area contributed by atoms with Crippen LogP contribution in [0.2, 0.25) is 0 Å². The van der Waals surface area contributed by atoms with E-state index in [2.05, 4.69) is 55.6 Å². The summed E-state index contributed by atoms with van der Waals surface area (Å²) in [6.45, 7) is 4.67. The van der Waals surface area contributed by atoms with E-state index in [9.17, 15) is 19.4 Å². The number of unbranched alkanes of at least 4 members (excludes halogenated alkanes) is 13. The Kier molecular flexibility index (Phi) is 29.5. The van der Waals surface area contributed by atoms with Crippen LogP contribution in [0.1, 0.15) is 136 Å². The first-order chi connectivity index (χ1) is 22.5. The van der Waals surface area contributed by atoms with Crippen molar-refractivity contribution < 1.29 is 32.9 Å². The van der Waals surface area contributed by atoms with Crippen LogP contribution >= 0.6 is 7.82 Å². The average molecular weight is 684 g/mol. The number of likely N-dealkylation sites (N-methyl/N-ethyl adjacent to an activating group) is 1. The molecule has 0 aromatic rings. The van der Waals surface area contributed by atoms with Gasteiger partial charge in [-0.1, -0.05) is 114 Å². The Morgan fingerprint density at radius 2 is 1.19 bits per heavy atom. The number of hydrogen-bond donors (Lipinski definition) is 3. The fraction of sp³-hybridized carbons (Fsp3) is 0.763. The summed E-state index contributed by atoms with van der Waals surface area (Å²) in [4.78, 5) is 22.9. The molecule has 3 unspecified atom stereocenters. The van der Waals surface area contributed by atoms with E-state index in [0.29, 0.717) is 17.4 Å². The smallest absolute Gasteiger partial charge is 0.387 e. The maximum atomic E-state index is 12.7. The highest BCUT2D eigenvalue weighted by Crippen LogP contribution is 2.43. The van der Waals surface area contributed by atoms with Crippen molar-refractivity contribution in [3.8, 4) is 0 Å². The van der Waals surface area contributed by atoms with Crippen molar-refractivity contribution in [1.82, 2.24) is 5.32 Å². The summed E-state index contributed by atoms with van der Waals surface area (Å²) in [6, 6.07) is -0.870. The summed E-state index contributed by atoms with van der Waals surface area (Å²) >= 11 is 0. The topological polar surface area (TPSA) is 105 Å². The van der Waals surface area contributed by atoms with Gasteiger partial charge in [0.1, 0.15) is 13.2 Å². The molecule has 0 aliphatic rings. The molecule has 0 radical (unpaired) electrons. The molecule has 9 heteroatoms. The molecule has 0 rings (SSSR count). The summed E-state index contributed by atoms with van der Waals surface area (Å²) in [6.07, 6.45) is 36.0. The third-order valence-electron chi connectivity index (χ3n) is 7.75. The fourth-order valence-corrected chi connectivity index (χ4v) is 5.43. The zero-order valence-corrected chi connectivity index (χ0v) is 31.6. The predicted octanol–water partition coefficient (Wildman–Crippen LogP) is 9.35. The van der Waals surface area contributed by atoms with E-state index < -0.39 is 20.0 Å². The van der Waals surface area contributed by atoms with Gasteiger partial charge in [-0.25, -0.2) is 4.57 Å². The molecule has 0 aliphatic carbocycles. The SMILES string of the molecule is CCCC/C=C\CCCCCCCC(=O)NC(COP(=O)(O)OCC[N+](C)(C)C)C(O)/C=C/CC/C=C/CC/C=C/CCCCCC. The standard InChI is InChI=1S/C38H71N2O6P/c1-6-8-10-12-14-16-18-19-20-22-23-25-27-29-31-37(41)36(35-46-47(43,44)45-34-33-40(3,4)5)39-38(42)32-30-28-26-24-21-17-15-13-11-9-7-2/h13,15-16,18,22-23,29,31,36-37,41H,6-12,14,17,19-21,24-28,30,32-35H2,1-5H3,(H-,39,42,43,44)/p+1/b15-13-,18-16+,23-22+,31-29+. The van der Waals surface area contributed by atoms with Crippen LogP contribution < -0.4 is 5.32 Å². The van der Waals surface area contributed by atoms with Gasteiger partial charge in [0, 0.05) is 6.42 Å². The van der Waals surface area contributed by atoms with Crippen LogP contribution in [-0.2, 0) is 18.4 Å². The van der Waals surface area contributed by atoms with E-state index >= 15 is 0 Å². The third kappa shape index (κ3) is 32.8. The van der Waals surface area contributed by atoms with Gasteiger partial charge < -0.3 is 19.8 Å². The normalized spacial score (nSPS) is 15.3. The van der Waals surface area contributed by atoms with E-state index in [0.717, 1.165) is 70.6 Å². The molecule has 0 spiro atoms. The van der Waals surface area contributed by atoms with Crippen molar-refractivity contribution in [3.63, 3.8) is 0 Å². The predicted molar refractivity (Wildman–Crippen MR) is 198 cm³/mol. The zero-order chi connectivity index (χ0) is 35.1. The quantitative estimate of drug-likeness (QED) is 0.0283. The number of carbonyl (C=O) groups excluding carboxylic acids is 1. The first-order valence-electron chi connectivity index (χ1n) is 18.5. The lowest BCUT2D eigenvalue weighted by Gasteiger charge is -2.25. The van der Waals surface area contributed by atoms with E-state index in [1.165, 1.54) is 44.9 Å². The Morgan fingerprint density at radius 1 is 0.702 bits per heavy atom. The average Bonchev–Trinajstić information content (AvgIpc) is 3.01. The van der Waals surface area contributed by atoms with E-state index in [1.807, 2.05) is 27.2 Å². The summed E-state index contributed by atoms with van der Waals surface area (Å²) in [5.74, 6) is -0.207. The second-order valence-electron chi connectivity index (χ2n) is 13.6. The molecular weight excluding hydrogens is 611 g/mol. The number of hydrogen-bond acceptors (Lipinski definition) is 5. The van der Waals surface area contributed by atoms with Crippen LogP contribution in [0.5, 0.6) is 0 Å². The molecule has 0 saturated carbocycles. The third-order valence-corrected chi connectivity index (χ3v) is 8.73. The molecule has 0 bridgehead atoms. The Balaban J connectivity index is 4.68. The summed E-state index contributed by atoms with van der Waals surface area (Å²) in [7, 11) is 1.53. The number of phosphoric ester groups is 1. The van der Waals surface area contributed by atoms with Gasteiger partial charge in [-0.2, -0.15) is 0 Å². The van der Waals surface area contributed by atoms with E-state index in [-0.39, 0.29) is 19.1 Å². The number of carbonyl (C=O) groups is 1. The van der Waals surface area contributed by atoms with Crippen molar-refractivity contribution in [2.24, 2.45) is 0 Å². The van der Waals surface area contributed by atoms with Crippen molar-refractivity contribution in [3.05, 3.63) is 48.6 Å². The van der Waals surface area contributed by atoms with Crippen molar-refractivity contribution in [2.45, 2.75) is 148 Å². The van der Waals surface area contributed by atoms with Crippen molar-refractivity contribution in [2.75, 3.05) is 40.9 Å².